The highest BCUT2D eigenvalue weighted by Crippen LogP contribution is 2.14. The minimum atomic E-state index is -0.363. The van der Waals surface area contributed by atoms with Crippen LogP contribution in [0.2, 0.25) is 0 Å². The van der Waals surface area contributed by atoms with Crippen LogP contribution in [0, 0.1) is 13.8 Å². The number of aryl methyl sites for hydroxylation is 2. The fourth-order valence-corrected chi connectivity index (χ4v) is 2.52. The number of anilines is 2. The van der Waals surface area contributed by atoms with Crippen molar-refractivity contribution in [3.8, 4) is 0 Å². The Morgan fingerprint density at radius 1 is 0.960 bits per heavy atom. The molecule has 0 aliphatic heterocycles. The lowest BCUT2D eigenvalue weighted by atomic mass is 10.1. The summed E-state index contributed by atoms with van der Waals surface area (Å²) in [6, 6.07) is 12.9. The summed E-state index contributed by atoms with van der Waals surface area (Å²) in [6.45, 7) is 6.74. The van der Waals surface area contributed by atoms with Crippen molar-refractivity contribution in [3.05, 3.63) is 59.2 Å². The smallest absolute Gasteiger partial charge is 0.338 e. The summed E-state index contributed by atoms with van der Waals surface area (Å²) in [5.74, 6) is -0.446. The number of carbonyl (C=O) groups is 2. The number of esters is 1. The molecule has 132 valence electrons. The number of amides is 1. The molecule has 0 bridgehead atoms. The van der Waals surface area contributed by atoms with Crippen molar-refractivity contribution in [3.63, 3.8) is 0 Å². The lowest BCUT2D eigenvalue weighted by molar-refractivity contribution is -0.115. The highest BCUT2D eigenvalue weighted by Gasteiger charge is 2.07. The molecular weight excluding hydrogens is 316 g/mol. The molecule has 0 atom stereocenters. The van der Waals surface area contributed by atoms with Gasteiger partial charge in [-0.25, -0.2) is 4.79 Å². The van der Waals surface area contributed by atoms with Gasteiger partial charge in [-0.3, -0.25) is 4.79 Å². The first kappa shape index (κ1) is 18.5. The molecule has 0 radical (unpaired) electrons. The molecule has 2 aromatic carbocycles. The first-order valence-corrected chi connectivity index (χ1v) is 8.37. The second-order valence-corrected chi connectivity index (χ2v) is 5.90. The second kappa shape index (κ2) is 8.87. The van der Waals surface area contributed by atoms with Crippen molar-refractivity contribution < 1.29 is 14.3 Å². The SMILES string of the molecule is CCOC(=O)c1ccc(NC(=O)CCNc2cc(C)cc(C)c2)cc1. The van der Waals surface area contributed by atoms with E-state index in [1.807, 2.05) is 13.8 Å². The van der Waals surface area contributed by atoms with Crippen LogP contribution in [0.5, 0.6) is 0 Å². The maximum Gasteiger partial charge on any atom is 0.338 e. The van der Waals surface area contributed by atoms with E-state index in [0.29, 0.717) is 30.8 Å². The minimum Gasteiger partial charge on any atom is -0.462 e. The van der Waals surface area contributed by atoms with Gasteiger partial charge in [0.25, 0.3) is 0 Å². The molecule has 1 amide bonds. The summed E-state index contributed by atoms with van der Waals surface area (Å²) in [7, 11) is 0. The summed E-state index contributed by atoms with van der Waals surface area (Å²) >= 11 is 0. The molecule has 2 rings (SSSR count). The van der Waals surface area contributed by atoms with Crippen LogP contribution in [-0.2, 0) is 9.53 Å². The van der Waals surface area contributed by atoms with Crippen LogP contribution >= 0.6 is 0 Å². The van der Waals surface area contributed by atoms with E-state index in [4.69, 9.17) is 4.74 Å². The summed E-state index contributed by atoms with van der Waals surface area (Å²) in [6.07, 6.45) is 0.354. The van der Waals surface area contributed by atoms with Crippen LogP contribution in [0.15, 0.2) is 42.5 Å². The number of hydrogen-bond acceptors (Lipinski definition) is 4. The fraction of sp³-hybridized carbons (Fsp3) is 0.300. The summed E-state index contributed by atoms with van der Waals surface area (Å²) in [4.78, 5) is 23.6. The van der Waals surface area contributed by atoms with Gasteiger partial charge < -0.3 is 15.4 Å². The first-order valence-electron chi connectivity index (χ1n) is 8.37. The van der Waals surface area contributed by atoms with Crippen molar-refractivity contribution >= 4 is 23.3 Å². The second-order valence-electron chi connectivity index (χ2n) is 5.90. The molecular formula is C20H24N2O3. The van der Waals surface area contributed by atoms with E-state index in [1.54, 1.807) is 31.2 Å². The van der Waals surface area contributed by atoms with Crippen molar-refractivity contribution in [2.75, 3.05) is 23.8 Å². The Morgan fingerprint density at radius 2 is 1.60 bits per heavy atom. The molecule has 0 aliphatic carbocycles. The molecule has 5 heteroatoms. The Balaban J connectivity index is 1.81. The molecule has 25 heavy (non-hydrogen) atoms. The molecule has 0 aromatic heterocycles. The van der Waals surface area contributed by atoms with Gasteiger partial charge in [-0.1, -0.05) is 6.07 Å². The van der Waals surface area contributed by atoms with Crippen LogP contribution in [0.1, 0.15) is 34.8 Å². The van der Waals surface area contributed by atoms with Crippen LogP contribution in [0.3, 0.4) is 0 Å². The molecule has 0 fully saturated rings. The maximum absolute atomic E-state index is 12.0. The molecule has 5 nitrogen and oxygen atoms in total. The van der Waals surface area contributed by atoms with Gasteiger partial charge in [-0.05, 0) is 68.3 Å². The monoisotopic (exact) mass is 340 g/mol. The maximum atomic E-state index is 12.0. The Bertz CT molecular complexity index is 719. The van der Waals surface area contributed by atoms with E-state index >= 15 is 0 Å². The third-order valence-electron chi connectivity index (χ3n) is 3.58. The van der Waals surface area contributed by atoms with Gasteiger partial charge >= 0.3 is 5.97 Å². The lowest BCUT2D eigenvalue weighted by Crippen LogP contribution is -2.16. The van der Waals surface area contributed by atoms with Crippen molar-refractivity contribution in [1.29, 1.82) is 0 Å². The standard InChI is InChI=1S/C20H24N2O3/c1-4-25-20(24)16-5-7-17(8-6-16)22-19(23)9-10-21-18-12-14(2)11-15(3)13-18/h5-8,11-13,21H,4,9-10H2,1-3H3,(H,22,23). The van der Waals surface area contributed by atoms with Gasteiger partial charge in [-0.15, -0.1) is 0 Å². The number of benzene rings is 2. The van der Waals surface area contributed by atoms with E-state index in [2.05, 4.69) is 28.8 Å². The van der Waals surface area contributed by atoms with Gasteiger partial charge in [0.15, 0.2) is 0 Å². The van der Waals surface area contributed by atoms with Crippen LogP contribution in [0.25, 0.3) is 0 Å². The normalized spacial score (nSPS) is 10.2. The molecule has 0 unspecified atom stereocenters. The van der Waals surface area contributed by atoms with Crippen molar-refractivity contribution in [1.82, 2.24) is 0 Å². The molecule has 2 N–H and O–H groups in total. The van der Waals surface area contributed by atoms with Crippen LogP contribution in [-0.4, -0.2) is 25.0 Å². The van der Waals surface area contributed by atoms with E-state index < -0.39 is 0 Å². The third kappa shape index (κ3) is 5.95. The predicted molar refractivity (Wildman–Crippen MR) is 100 cm³/mol. The summed E-state index contributed by atoms with van der Waals surface area (Å²) in [5.41, 5.74) is 4.52. The average Bonchev–Trinajstić information content (AvgIpc) is 2.55. The predicted octanol–water partition coefficient (Wildman–Crippen LogP) is 3.92. The average molecular weight is 340 g/mol. The number of ether oxygens (including phenoxy) is 1. The van der Waals surface area contributed by atoms with Crippen molar-refractivity contribution in [2.24, 2.45) is 0 Å². The minimum absolute atomic E-state index is 0.0826. The summed E-state index contributed by atoms with van der Waals surface area (Å²) < 4.78 is 4.93. The zero-order valence-corrected chi connectivity index (χ0v) is 14.9. The highest BCUT2D eigenvalue weighted by molar-refractivity contribution is 5.93. The number of nitrogens with one attached hydrogen (secondary N) is 2. The molecule has 0 spiro atoms. The highest BCUT2D eigenvalue weighted by atomic mass is 16.5. The van der Waals surface area contributed by atoms with Crippen molar-refractivity contribution in [2.45, 2.75) is 27.2 Å². The van der Waals surface area contributed by atoms with E-state index in [9.17, 15) is 9.59 Å². The Kier molecular flexibility index (Phi) is 6.57. The quantitative estimate of drug-likeness (QED) is 0.750. The molecule has 0 heterocycles. The Labute approximate surface area is 148 Å². The van der Waals surface area contributed by atoms with Gasteiger partial charge in [-0.2, -0.15) is 0 Å². The van der Waals surface area contributed by atoms with E-state index in [0.717, 1.165) is 5.69 Å². The fourth-order valence-electron chi connectivity index (χ4n) is 2.52. The molecule has 0 saturated carbocycles. The van der Waals surface area contributed by atoms with Gasteiger partial charge in [0.05, 0.1) is 12.2 Å². The van der Waals surface area contributed by atoms with Gasteiger partial charge in [0.1, 0.15) is 0 Å². The first-order chi connectivity index (χ1) is 12.0. The number of carbonyl (C=O) groups excluding carboxylic acids is 2. The number of rotatable bonds is 7. The molecule has 2 aromatic rings. The van der Waals surface area contributed by atoms with Gasteiger partial charge in [0.2, 0.25) is 5.91 Å². The zero-order chi connectivity index (χ0) is 18.2. The Morgan fingerprint density at radius 3 is 2.20 bits per heavy atom. The number of hydrogen-bond donors (Lipinski definition) is 2. The lowest BCUT2D eigenvalue weighted by Gasteiger charge is -2.09. The summed E-state index contributed by atoms with van der Waals surface area (Å²) in [5, 5.41) is 6.08. The van der Waals surface area contributed by atoms with E-state index in [-0.39, 0.29) is 11.9 Å². The largest absolute Gasteiger partial charge is 0.462 e. The molecule has 0 saturated heterocycles. The van der Waals surface area contributed by atoms with Crippen LogP contribution in [0.4, 0.5) is 11.4 Å². The van der Waals surface area contributed by atoms with E-state index in [1.165, 1.54) is 11.1 Å². The zero-order valence-electron chi connectivity index (χ0n) is 14.9. The Hall–Kier alpha value is -2.82. The molecule has 0 aliphatic rings. The van der Waals surface area contributed by atoms with Gasteiger partial charge in [0, 0.05) is 24.3 Å². The van der Waals surface area contributed by atoms with Crippen LogP contribution < -0.4 is 10.6 Å². The topological polar surface area (TPSA) is 67.4 Å². The third-order valence-corrected chi connectivity index (χ3v) is 3.58.